The number of carbonyl (C=O) groups is 1. The van der Waals surface area contributed by atoms with Crippen LogP contribution < -0.4 is 10.0 Å². The molecule has 2 N–H and O–H groups in total. The molecular formula is C20H21N3O4S. The smallest absolute Gasteiger partial charge is 0.407 e. The van der Waals surface area contributed by atoms with Gasteiger partial charge in [-0.3, -0.25) is 4.98 Å². The molecule has 8 heteroatoms. The van der Waals surface area contributed by atoms with Gasteiger partial charge in [0.25, 0.3) is 0 Å². The lowest BCUT2D eigenvalue weighted by Gasteiger charge is -2.15. The molecular weight excluding hydrogens is 378 g/mol. The van der Waals surface area contributed by atoms with Gasteiger partial charge in [0.2, 0.25) is 10.0 Å². The molecule has 1 amide bonds. The van der Waals surface area contributed by atoms with E-state index < -0.39 is 22.2 Å². The van der Waals surface area contributed by atoms with Gasteiger partial charge >= 0.3 is 6.09 Å². The molecule has 0 saturated carbocycles. The van der Waals surface area contributed by atoms with Gasteiger partial charge in [-0.05, 0) is 24.6 Å². The molecule has 2 aromatic carbocycles. The Labute approximate surface area is 163 Å². The number of rotatable bonds is 7. The van der Waals surface area contributed by atoms with Gasteiger partial charge in [-0.1, -0.05) is 42.5 Å². The van der Waals surface area contributed by atoms with Crippen LogP contribution in [0.4, 0.5) is 4.79 Å². The molecule has 0 bridgehead atoms. The number of alkyl carbamates (subject to hydrolysis) is 1. The molecule has 7 nitrogen and oxygen atoms in total. The molecule has 0 aliphatic rings. The monoisotopic (exact) mass is 399 g/mol. The number of hydrogen-bond acceptors (Lipinski definition) is 5. The first-order chi connectivity index (χ1) is 13.5. The number of ether oxygens (including phenoxy) is 1. The second kappa shape index (κ2) is 8.81. The fraction of sp³-hybridized carbons (Fsp3) is 0.200. The van der Waals surface area contributed by atoms with E-state index in [1.165, 1.54) is 6.07 Å². The molecule has 28 heavy (non-hydrogen) atoms. The first kappa shape index (κ1) is 19.8. The highest BCUT2D eigenvalue weighted by molar-refractivity contribution is 7.89. The lowest BCUT2D eigenvalue weighted by atomic mass is 10.2. The molecule has 0 saturated heterocycles. The van der Waals surface area contributed by atoms with Crippen LogP contribution in [0, 0.1) is 0 Å². The number of benzene rings is 2. The van der Waals surface area contributed by atoms with Crippen LogP contribution in [0.1, 0.15) is 12.5 Å². The number of hydrogen-bond donors (Lipinski definition) is 2. The molecule has 0 radical (unpaired) electrons. The van der Waals surface area contributed by atoms with Crippen molar-refractivity contribution in [1.82, 2.24) is 15.0 Å². The van der Waals surface area contributed by atoms with Crippen LogP contribution in [0.15, 0.2) is 71.9 Å². The highest BCUT2D eigenvalue weighted by atomic mass is 32.2. The van der Waals surface area contributed by atoms with Gasteiger partial charge in [0, 0.05) is 35.8 Å². The molecule has 0 spiro atoms. The van der Waals surface area contributed by atoms with Crippen molar-refractivity contribution in [3.05, 3.63) is 72.6 Å². The van der Waals surface area contributed by atoms with Crippen molar-refractivity contribution in [1.29, 1.82) is 0 Å². The zero-order chi connectivity index (χ0) is 20.0. The fourth-order valence-electron chi connectivity index (χ4n) is 2.66. The SMILES string of the molecule is CC(CNS(=O)(=O)c1cccc2cnccc12)NC(=O)OCc1ccccc1. The van der Waals surface area contributed by atoms with E-state index in [1.54, 1.807) is 37.5 Å². The number of pyridine rings is 1. The van der Waals surface area contributed by atoms with Crippen LogP contribution in [-0.4, -0.2) is 32.1 Å². The number of nitrogens with zero attached hydrogens (tertiary/aromatic N) is 1. The Bertz CT molecular complexity index is 1050. The summed E-state index contributed by atoms with van der Waals surface area (Å²) in [5.74, 6) is 0. The topological polar surface area (TPSA) is 97.4 Å². The maximum atomic E-state index is 12.7. The number of fused-ring (bicyclic) bond motifs is 1. The predicted octanol–water partition coefficient (Wildman–Crippen LogP) is 2.83. The summed E-state index contributed by atoms with van der Waals surface area (Å²) in [7, 11) is -3.74. The van der Waals surface area contributed by atoms with Gasteiger partial charge in [-0.25, -0.2) is 17.9 Å². The van der Waals surface area contributed by atoms with E-state index in [-0.39, 0.29) is 18.0 Å². The van der Waals surface area contributed by atoms with Crippen molar-refractivity contribution < 1.29 is 17.9 Å². The Morgan fingerprint density at radius 3 is 2.68 bits per heavy atom. The van der Waals surface area contributed by atoms with E-state index in [0.29, 0.717) is 5.39 Å². The first-order valence-electron chi connectivity index (χ1n) is 8.75. The van der Waals surface area contributed by atoms with E-state index >= 15 is 0 Å². The lowest BCUT2D eigenvalue weighted by molar-refractivity contribution is 0.136. The number of carbonyl (C=O) groups excluding carboxylic acids is 1. The van der Waals surface area contributed by atoms with Crippen LogP contribution in [0.2, 0.25) is 0 Å². The molecule has 146 valence electrons. The third-order valence-corrected chi connectivity index (χ3v) is 5.57. The van der Waals surface area contributed by atoms with E-state index in [4.69, 9.17) is 4.74 Å². The molecule has 1 atom stereocenters. The molecule has 1 unspecified atom stereocenters. The Morgan fingerprint density at radius 1 is 1.11 bits per heavy atom. The third kappa shape index (κ3) is 5.05. The minimum atomic E-state index is -3.74. The molecule has 0 aliphatic heterocycles. The van der Waals surface area contributed by atoms with Gasteiger partial charge in [0.05, 0.1) is 4.90 Å². The summed E-state index contributed by atoms with van der Waals surface area (Å²) < 4.78 is 33.0. The van der Waals surface area contributed by atoms with Crippen LogP contribution in [-0.2, 0) is 21.4 Å². The summed E-state index contributed by atoms with van der Waals surface area (Å²) in [6.07, 6.45) is 2.56. The third-order valence-electron chi connectivity index (χ3n) is 4.09. The second-order valence-corrected chi connectivity index (χ2v) is 8.05. The number of nitrogens with one attached hydrogen (secondary N) is 2. The summed E-state index contributed by atoms with van der Waals surface area (Å²) in [4.78, 5) is 16.1. The summed E-state index contributed by atoms with van der Waals surface area (Å²) in [6, 6.07) is 15.5. The first-order valence-corrected chi connectivity index (χ1v) is 10.2. The Morgan fingerprint density at radius 2 is 1.89 bits per heavy atom. The van der Waals surface area contributed by atoms with Crippen LogP contribution in [0.5, 0.6) is 0 Å². The predicted molar refractivity (Wildman–Crippen MR) is 106 cm³/mol. The van der Waals surface area contributed by atoms with E-state index in [1.807, 2.05) is 30.3 Å². The molecule has 3 rings (SSSR count). The normalized spacial score (nSPS) is 12.5. The summed E-state index contributed by atoms with van der Waals surface area (Å²) in [5.41, 5.74) is 0.872. The molecule has 0 fully saturated rings. The zero-order valence-corrected chi connectivity index (χ0v) is 16.1. The molecule has 1 aromatic heterocycles. The van der Waals surface area contributed by atoms with Gasteiger partial charge in [0.1, 0.15) is 6.61 Å². The van der Waals surface area contributed by atoms with E-state index in [9.17, 15) is 13.2 Å². The Balaban J connectivity index is 1.56. The summed E-state index contributed by atoms with van der Waals surface area (Å²) in [6.45, 7) is 1.87. The zero-order valence-electron chi connectivity index (χ0n) is 15.3. The number of aromatic nitrogens is 1. The average Bonchev–Trinajstić information content (AvgIpc) is 2.71. The van der Waals surface area contributed by atoms with Crippen molar-refractivity contribution in [2.24, 2.45) is 0 Å². The highest BCUT2D eigenvalue weighted by Gasteiger charge is 2.19. The van der Waals surface area contributed by atoms with E-state index in [2.05, 4.69) is 15.0 Å². The Hall–Kier alpha value is -2.97. The molecule has 3 aromatic rings. The second-order valence-electron chi connectivity index (χ2n) is 6.31. The van der Waals surface area contributed by atoms with Crippen LogP contribution >= 0.6 is 0 Å². The highest BCUT2D eigenvalue weighted by Crippen LogP contribution is 2.21. The fourth-order valence-corrected chi connectivity index (χ4v) is 4.01. The minimum Gasteiger partial charge on any atom is -0.445 e. The maximum Gasteiger partial charge on any atom is 0.407 e. The minimum absolute atomic E-state index is 0.0320. The largest absolute Gasteiger partial charge is 0.445 e. The van der Waals surface area contributed by atoms with Gasteiger partial charge in [-0.15, -0.1) is 0 Å². The molecule has 1 heterocycles. The summed E-state index contributed by atoms with van der Waals surface area (Å²) in [5, 5.41) is 3.94. The van der Waals surface area contributed by atoms with Crippen molar-refractivity contribution in [2.75, 3.05) is 6.54 Å². The average molecular weight is 399 g/mol. The van der Waals surface area contributed by atoms with Gasteiger partial charge in [0.15, 0.2) is 0 Å². The molecule has 0 aliphatic carbocycles. The van der Waals surface area contributed by atoms with Gasteiger partial charge < -0.3 is 10.1 Å². The van der Waals surface area contributed by atoms with Crippen LogP contribution in [0.25, 0.3) is 10.8 Å². The van der Waals surface area contributed by atoms with Crippen molar-refractivity contribution >= 4 is 26.9 Å². The van der Waals surface area contributed by atoms with Crippen molar-refractivity contribution in [2.45, 2.75) is 24.5 Å². The van der Waals surface area contributed by atoms with E-state index in [0.717, 1.165) is 10.9 Å². The Kier molecular flexibility index (Phi) is 6.23. The summed E-state index contributed by atoms with van der Waals surface area (Å²) >= 11 is 0. The standard InChI is InChI=1S/C20H21N3O4S/c1-15(23-20(24)27-14-16-6-3-2-4-7-16)12-22-28(25,26)19-9-5-8-17-13-21-11-10-18(17)19/h2-11,13,15,22H,12,14H2,1H3,(H,23,24). The lowest BCUT2D eigenvalue weighted by Crippen LogP contribution is -2.42. The maximum absolute atomic E-state index is 12.7. The number of sulfonamides is 1. The van der Waals surface area contributed by atoms with Crippen LogP contribution in [0.3, 0.4) is 0 Å². The quantitative estimate of drug-likeness (QED) is 0.637. The van der Waals surface area contributed by atoms with Crippen molar-refractivity contribution in [3.8, 4) is 0 Å². The van der Waals surface area contributed by atoms with Gasteiger partial charge in [-0.2, -0.15) is 0 Å². The van der Waals surface area contributed by atoms with Crippen molar-refractivity contribution in [3.63, 3.8) is 0 Å². The number of amides is 1.